The van der Waals surface area contributed by atoms with E-state index in [1.54, 1.807) is 0 Å². The minimum atomic E-state index is -0.254. The Bertz CT molecular complexity index is 967. The third kappa shape index (κ3) is 4.15. The van der Waals surface area contributed by atoms with Crippen LogP contribution >= 0.6 is 0 Å². The number of aromatic nitrogens is 1. The van der Waals surface area contributed by atoms with Gasteiger partial charge in [-0.1, -0.05) is 24.3 Å². The first-order valence-electron chi connectivity index (χ1n) is 9.80. The molecule has 1 N–H and O–H groups in total. The average molecular weight is 375 g/mol. The lowest BCUT2D eigenvalue weighted by Gasteiger charge is -2.18. The van der Waals surface area contributed by atoms with E-state index in [4.69, 9.17) is 4.74 Å². The number of nitrogens with zero attached hydrogens (tertiary/aromatic N) is 2. The number of hydrogen-bond acceptors (Lipinski definition) is 5. The Labute approximate surface area is 165 Å². The van der Waals surface area contributed by atoms with Crippen molar-refractivity contribution in [3.05, 3.63) is 72.1 Å². The number of esters is 1. The molecule has 2 heterocycles. The number of carbonyl (C=O) groups excluding carboxylic acids is 1. The van der Waals surface area contributed by atoms with Gasteiger partial charge in [0, 0.05) is 54.5 Å². The quantitative estimate of drug-likeness (QED) is 0.658. The van der Waals surface area contributed by atoms with E-state index >= 15 is 0 Å². The van der Waals surface area contributed by atoms with Crippen molar-refractivity contribution in [2.75, 3.05) is 25.0 Å². The van der Waals surface area contributed by atoms with Crippen molar-refractivity contribution in [1.29, 1.82) is 0 Å². The topological polar surface area (TPSA) is 54.5 Å². The molecule has 28 heavy (non-hydrogen) atoms. The number of pyridine rings is 1. The monoisotopic (exact) mass is 375 g/mol. The number of nitrogens with one attached hydrogen (secondary N) is 1. The molecule has 0 radical (unpaired) electrons. The molecule has 1 atom stereocenters. The zero-order chi connectivity index (χ0) is 19.3. The Morgan fingerprint density at radius 2 is 2.14 bits per heavy atom. The van der Waals surface area contributed by atoms with Gasteiger partial charge in [-0.25, -0.2) is 4.79 Å². The highest BCUT2D eigenvalue weighted by molar-refractivity contribution is 5.93. The van der Waals surface area contributed by atoms with Gasteiger partial charge in [-0.05, 0) is 43.2 Å². The maximum absolute atomic E-state index is 11.9. The summed E-state index contributed by atoms with van der Waals surface area (Å²) in [5.41, 5.74) is 2.93. The fourth-order valence-electron chi connectivity index (χ4n) is 3.83. The van der Waals surface area contributed by atoms with Gasteiger partial charge >= 0.3 is 5.97 Å². The third-order valence-electron chi connectivity index (χ3n) is 5.16. The van der Waals surface area contributed by atoms with Crippen molar-refractivity contribution in [2.45, 2.75) is 25.9 Å². The molecule has 1 aliphatic heterocycles. The van der Waals surface area contributed by atoms with Crippen LogP contribution in [0.25, 0.3) is 10.8 Å². The minimum absolute atomic E-state index is 0.254. The first-order valence-corrected chi connectivity index (χ1v) is 9.80. The molecule has 5 nitrogen and oxygen atoms in total. The standard InChI is InChI=1S/C23H25N3O2/c1-2-28-23(27)18-6-3-5-17(13-18)15-26-12-10-20(16-26)25-22-8-4-7-19-14-24-11-9-21(19)22/h3-9,11,13-14,20,25H,2,10,12,15-16H2,1H3. The SMILES string of the molecule is CCOC(=O)c1cccc(CN2CCC(Nc3cccc4cnccc34)C2)c1. The van der Waals surface area contributed by atoms with Crippen molar-refractivity contribution >= 4 is 22.4 Å². The Morgan fingerprint density at radius 3 is 3.04 bits per heavy atom. The molecule has 1 aromatic heterocycles. The van der Waals surface area contributed by atoms with Crippen molar-refractivity contribution in [3.8, 4) is 0 Å². The van der Waals surface area contributed by atoms with Crippen molar-refractivity contribution < 1.29 is 9.53 Å². The summed E-state index contributed by atoms with van der Waals surface area (Å²) >= 11 is 0. The number of benzene rings is 2. The molecular weight excluding hydrogens is 350 g/mol. The van der Waals surface area contributed by atoms with Crippen LogP contribution in [0.2, 0.25) is 0 Å². The summed E-state index contributed by atoms with van der Waals surface area (Å²) in [6, 6.07) is 16.5. The molecule has 1 aliphatic rings. The molecule has 0 spiro atoms. The molecule has 1 fully saturated rings. The zero-order valence-electron chi connectivity index (χ0n) is 16.1. The van der Waals surface area contributed by atoms with Crippen LogP contribution in [-0.4, -0.2) is 41.6 Å². The largest absolute Gasteiger partial charge is 0.462 e. The van der Waals surface area contributed by atoms with Crippen molar-refractivity contribution in [1.82, 2.24) is 9.88 Å². The summed E-state index contributed by atoms with van der Waals surface area (Å²) in [5.74, 6) is -0.254. The van der Waals surface area contributed by atoms with Gasteiger partial charge in [0.1, 0.15) is 0 Å². The molecule has 2 aromatic carbocycles. The Hall–Kier alpha value is -2.92. The van der Waals surface area contributed by atoms with E-state index in [2.05, 4.69) is 45.5 Å². The third-order valence-corrected chi connectivity index (χ3v) is 5.16. The first kappa shape index (κ1) is 18.4. The van der Waals surface area contributed by atoms with Crippen LogP contribution in [0.4, 0.5) is 5.69 Å². The van der Waals surface area contributed by atoms with Crippen LogP contribution in [0.1, 0.15) is 29.3 Å². The molecule has 5 heteroatoms. The molecule has 0 bridgehead atoms. The number of anilines is 1. The maximum Gasteiger partial charge on any atom is 0.338 e. The van der Waals surface area contributed by atoms with Gasteiger partial charge in [-0.3, -0.25) is 9.88 Å². The molecule has 0 amide bonds. The molecule has 1 saturated heterocycles. The Balaban J connectivity index is 1.39. The van der Waals surface area contributed by atoms with Crippen LogP contribution in [0.15, 0.2) is 60.9 Å². The van der Waals surface area contributed by atoms with E-state index in [1.807, 2.05) is 37.5 Å². The number of hydrogen-bond donors (Lipinski definition) is 1. The summed E-state index contributed by atoms with van der Waals surface area (Å²) in [6.45, 7) is 5.07. The molecule has 4 rings (SSSR count). The van der Waals surface area contributed by atoms with Gasteiger partial charge in [0.25, 0.3) is 0 Å². The summed E-state index contributed by atoms with van der Waals surface area (Å²) in [6.07, 6.45) is 4.84. The van der Waals surface area contributed by atoms with Crippen LogP contribution < -0.4 is 5.32 Å². The molecule has 3 aromatic rings. The minimum Gasteiger partial charge on any atom is -0.462 e. The second kappa shape index (κ2) is 8.40. The number of fused-ring (bicyclic) bond motifs is 1. The second-order valence-electron chi connectivity index (χ2n) is 7.19. The van der Waals surface area contributed by atoms with Crippen LogP contribution in [-0.2, 0) is 11.3 Å². The van der Waals surface area contributed by atoms with Crippen LogP contribution in [0, 0.1) is 0 Å². The summed E-state index contributed by atoms with van der Waals surface area (Å²) in [4.78, 5) is 18.6. The van der Waals surface area contributed by atoms with Gasteiger partial charge in [0.2, 0.25) is 0 Å². The van der Waals surface area contributed by atoms with Gasteiger partial charge in [0.05, 0.1) is 12.2 Å². The Morgan fingerprint density at radius 1 is 1.25 bits per heavy atom. The zero-order valence-corrected chi connectivity index (χ0v) is 16.1. The summed E-state index contributed by atoms with van der Waals surface area (Å²) in [5, 5.41) is 6.06. The lowest BCUT2D eigenvalue weighted by Crippen LogP contribution is -2.26. The second-order valence-corrected chi connectivity index (χ2v) is 7.19. The number of rotatable bonds is 6. The van der Waals surface area contributed by atoms with Gasteiger partial charge in [0.15, 0.2) is 0 Å². The van der Waals surface area contributed by atoms with E-state index in [0.29, 0.717) is 18.2 Å². The molecular formula is C23H25N3O2. The molecule has 1 unspecified atom stereocenters. The van der Waals surface area contributed by atoms with E-state index in [0.717, 1.165) is 42.7 Å². The van der Waals surface area contributed by atoms with Gasteiger partial charge in [-0.15, -0.1) is 0 Å². The predicted molar refractivity (Wildman–Crippen MR) is 111 cm³/mol. The first-order chi connectivity index (χ1) is 13.7. The van der Waals surface area contributed by atoms with E-state index in [-0.39, 0.29) is 5.97 Å². The van der Waals surface area contributed by atoms with Crippen molar-refractivity contribution in [2.24, 2.45) is 0 Å². The smallest absolute Gasteiger partial charge is 0.338 e. The summed E-state index contributed by atoms with van der Waals surface area (Å²) in [7, 11) is 0. The molecule has 144 valence electrons. The lowest BCUT2D eigenvalue weighted by atomic mass is 10.1. The highest BCUT2D eigenvalue weighted by Crippen LogP contribution is 2.25. The van der Waals surface area contributed by atoms with E-state index in [9.17, 15) is 4.79 Å². The fraction of sp³-hybridized carbons (Fsp3) is 0.304. The number of likely N-dealkylation sites (tertiary alicyclic amines) is 1. The van der Waals surface area contributed by atoms with Crippen LogP contribution in [0.5, 0.6) is 0 Å². The highest BCUT2D eigenvalue weighted by atomic mass is 16.5. The van der Waals surface area contributed by atoms with E-state index in [1.165, 1.54) is 5.39 Å². The number of carbonyl (C=O) groups is 1. The normalized spacial score (nSPS) is 17.0. The average Bonchev–Trinajstić information content (AvgIpc) is 3.15. The van der Waals surface area contributed by atoms with Crippen molar-refractivity contribution in [3.63, 3.8) is 0 Å². The van der Waals surface area contributed by atoms with Crippen LogP contribution in [0.3, 0.4) is 0 Å². The van der Waals surface area contributed by atoms with Gasteiger partial charge < -0.3 is 10.1 Å². The van der Waals surface area contributed by atoms with E-state index < -0.39 is 0 Å². The summed E-state index contributed by atoms with van der Waals surface area (Å²) < 4.78 is 5.10. The fourth-order valence-corrected chi connectivity index (χ4v) is 3.83. The maximum atomic E-state index is 11.9. The molecule has 0 aliphatic carbocycles. The molecule has 0 saturated carbocycles. The number of ether oxygens (including phenoxy) is 1. The van der Waals surface area contributed by atoms with Gasteiger partial charge in [-0.2, -0.15) is 0 Å². The predicted octanol–water partition coefficient (Wildman–Crippen LogP) is 4.10. The lowest BCUT2D eigenvalue weighted by molar-refractivity contribution is 0.0526. The highest BCUT2D eigenvalue weighted by Gasteiger charge is 2.23. The Kier molecular flexibility index (Phi) is 5.53.